The lowest BCUT2D eigenvalue weighted by Crippen LogP contribution is -2.58. The van der Waals surface area contributed by atoms with Crippen molar-refractivity contribution in [2.75, 3.05) is 32.8 Å². The number of morpholine rings is 2. The highest BCUT2D eigenvalue weighted by Gasteiger charge is 2.35. The van der Waals surface area contributed by atoms with Crippen molar-refractivity contribution in [3.8, 4) is 0 Å². The molecule has 3 atom stereocenters. The molecule has 2 aliphatic heterocycles. The molecule has 2 saturated heterocycles. The van der Waals surface area contributed by atoms with Crippen molar-refractivity contribution in [1.29, 1.82) is 0 Å². The summed E-state index contributed by atoms with van der Waals surface area (Å²) in [5.41, 5.74) is 0.501. The van der Waals surface area contributed by atoms with Crippen molar-refractivity contribution in [2.24, 2.45) is 0 Å². The van der Waals surface area contributed by atoms with E-state index in [9.17, 15) is 9.18 Å². The van der Waals surface area contributed by atoms with Crippen LogP contribution in [0.15, 0.2) is 24.3 Å². The van der Waals surface area contributed by atoms with E-state index in [4.69, 9.17) is 9.47 Å². The number of nitrogens with zero attached hydrogens (tertiary/aromatic N) is 1. The van der Waals surface area contributed by atoms with E-state index in [1.165, 1.54) is 6.07 Å². The van der Waals surface area contributed by atoms with Gasteiger partial charge in [0.05, 0.1) is 25.9 Å². The van der Waals surface area contributed by atoms with Gasteiger partial charge in [0.15, 0.2) is 0 Å². The molecule has 0 aromatic heterocycles. The summed E-state index contributed by atoms with van der Waals surface area (Å²) in [7, 11) is 0. The van der Waals surface area contributed by atoms with Crippen LogP contribution in [0, 0.1) is 5.82 Å². The second-order valence-corrected chi connectivity index (χ2v) is 5.67. The van der Waals surface area contributed by atoms with Gasteiger partial charge in [-0.1, -0.05) is 18.2 Å². The van der Waals surface area contributed by atoms with Crippen molar-refractivity contribution in [2.45, 2.75) is 25.2 Å². The minimum Gasteiger partial charge on any atom is -0.375 e. The number of nitrogens with one attached hydrogen (secondary N) is 1. The summed E-state index contributed by atoms with van der Waals surface area (Å²) in [6, 6.07) is 6.21. The van der Waals surface area contributed by atoms with E-state index in [0.717, 1.165) is 0 Å². The number of hydrogen-bond donors (Lipinski definition) is 1. The molecule has 0 bridgehead atoms. The second-order valence-electron chi connectivity index (χ2n) is 5.67. The maximum atomic E-state index is 13.9. The van der Waals surface area contributed by atoms with Crippen LogP contribution in [0.1, 0.15) is 18.6 Å². The molecule has 2 aliphatic rings. The molecule has 5 nitrogen and oxygen atoms in total. The number of amides is 1. The van der Waals surface area contributed by atoms with Gasteiger partial charge in [-0.25, -0.2) is 4.39 Å². The first kappa shape index (κ1) is 15.4. The van der Waals surface area contributed by atoms with Gasteiger partial charge in [0.25, 0.3) is 0 Å². The van der Waals surface area contributed by atoms with Gasteiger partial charge in [-0.15, -0.1) is 0 Å². The zero-order valence-corrected chi connectivity index (χ0v) is 12.6. The Hall–Kier alpha value is -1.50. The van der Waals surface area contributed by atoms with Crippen molar-refractivity contribution in [3.63, 3.8) is 0 Å². The average Bonchev–Trinajstić information content (AvgIpc) is 2.55. The highest BCUT2D eigenvalue weighted by molar-refractivity contribution is 5.82. The maximum absolute atomic E-state index is 13.9. The first-order valence-electron chi connectivity index (χ1n) is 7.66. The highest BCUT2D eigenvalue weighted by Crippen LogP contribution is 2.25. The Morgan fingerprint density at radius 3 is 2.91 bits per heavy atom. The smallest absolute Gasteiger partial charge is 0.242 e. The van der Waals surface area contributed by atoms with Gasteiger partial charge in [0.1, 0.15) is 18.0 Å². The third kappa shape index (κ3) is 3.14. The summed E-state index contributed by atoms with van der Waals surface area (Å²) in [6.45, 7) is 4.48. The molecule has 2 fully saturated rings. The molecule has 0 saturated carbocycles. The third-order valence-corrected chi connectivity index (χ3v) is 4.21. The van der Waals surface area contributed by atoms with E-state index in [0.29, 0.717) is 38.4 Å². The average molecular weight is 308 g/mol. The second kappa shape index (κ2) is 6.73. The number of ether oxygens (including phenoxy) is 2. The van der Waals surface area contributed by atoms with Gasteiger partial charge in [0.2, 0.25) is 5.91 Å². The van der Waals surface area contributed by atoms with Gasteiger partial charge in [-0.2, -0.15) is 0 Å². The maximum Gasteiger partial charge on any atom is 0.242 e. The van der Waals surface area contributed by atoms with Gasteiger partial charge < -0.3 is 19.7 Å². The fraction of sp³-hybridized carbons (Fsp3) is 0.562. The van der Waals surface area contributed by atoms with Crippen LogP contribution >= 0.6 is 0 Å². The Bertz CT molecular complexity index is 540. The van der Waals surface area contributed by atoms with E-state index >= 15 is 0 Å². The molecule has 0 spiro atoms. The summed E-state index contributed by atoms with van der Waals surface area (Å²) < 4.78 is 25.1. The SMILES string of the molecule is C[C@H]1OCCN[C@@H]1C(=O)N1CCOC(c2ccccc2F)C1. The molecule has 0 radical (unpaired) electrons. The molecule has 1 amide bonds. The van der Waals surface area contributed by atoms with E-state index in [1.807, 2.05) is 6.92 Å². The molecule has 2 heterocycles. The van der Waals surface area contributed by atoms with Gasteiger partial charge in [-0.3, -0.25) is 4.79 Å². The van der Waals surface area contributed by atoms with Crippen LogP contribution in [0.25, 0.3) is 0 Å². The van der Waals surface area contributed by atoms with Crippen LogP contribution in [0.3, 0.4) is 0 Å². The Morgan fingerprint density at radius 1 is 1.32 bits per heavy atom. The first-order valence-corrected chi connectivity index (χ1v) is 7.66. The number of halogens is 1. The minimum atomic E-state index is -0.418. The Balaban J connectivity index is 1.70. The molecule has 1 unspecified atom stereocenters. The normalized spacial score (nSPS) is 29.4. The molecular formula is C16H21FN2O3. The summed E-state index contributed by atoms with van der Waals surface area (Å²) in [5.74, 6) is -0.300. The Morgan fingerprint density at radius 2 is 2.14 bits per heavy atom. The molecule has 6 heteroatoms. The van der Waals surface area contributed by atoms with Crippen molar-refractivity contribution >= 4 is 5.91 Å². The number of carbonyl (C=O) groups excluding carboxylic acids is 1. The predicted octanol–water partition coefficient (Wildman–Crippen LogP) is 1.10. The lowest BCUT2D eigenvalue weighted by Gasteiger charge is -2.38. The van der Waals surface area contributed by atoms with Crippen LogP contribution in [0.5, 0.6) is 0 Å². The lowest BCUT2D eigenvalue weighted by atomic mass is 10.0. The fourth-order valence-corrected chi connectivity index (χ4v) is 2.98. The highest BCUT2D eigenvalue weighted by atomic mass is 19.1. The van der Waals surface area contributed by atoms with E-state index in [2.05, 4.69) is 5.32 Å². The van der Waals surface area contributed by atoms with Crippen molar-refractivity contribution < 1.29 is 18.7 Å². The Kier molecular flexibility index (Phi) is 4.71. The summed E-state index contributed by atoms with van der Waals surface area (Å²) in [6.07, 6.45) is -0.574. The van der Waals surface area contributed by atoms with Crippen LogP contribution in [0.4, 0.5) is 4.39 Å². The largest absolute Gasteiger partial charge is 0.375 e. The van der Waals surface area contributed by atoms with Crippen LogP contribution in [-0.2, 0) is 14.3 Å². The molecule has 1 aromatic carbocycles. The first-order chi connectivity index (χ1) is 10.7. The topological polar surface area (TPSA) is 50.8 Å². The standard InChI is InChI=1S/C16H21FN2O3/c1-11-15(18-6-8-21-11)16(20)19-7-9-22-14(10-19)12-4-2-3-5-13(12)17/h2-5,11,14-15,18H,6-10H2,1H3/t11-,14?,15+/m1/s1. The van der Waals surface area contributed by atoms with Crippen LogP contribution < -0.4 is 5.32 Å². The third-order valence-electron chi connectivity index (χ3n) is 4.21. The summed E-state index contributed by atoms with van der Waals surface area (Å²) in [4.78, 5) is 14.4. The molecule has 3 rings (SSSR count). The molecule has 1 aromatic rings. The number of benzene rings is 1. The quantitative estimate of drug-likeness (QED) is 0.889. The molecule has 0 aliphatic carbocycles. The van der Waals surface area contributed by atoms with E-state index < -0.39 is 6.10 Å². The number of rotatable bonds is 2. The van der Waals surface area contributed by atoms with Gasteiger partial charge in [0, 0.05) is 18.7 Å². The molecule has 1 N–H and O–H groups in total. The minimum absolute atomic E-state index is 0.00293. The van der Waals surface area contributed by atoms with Crippen LogP contribution in [-0.4, -0.2) is 55.8 Å². The van der Waals surface area contributed by atoms with Crippen molar-refractivity contribution in [3.05, 3.63) is 35.6 Å². The van der Waals surface area contributed by atoms with Crippen LogP contribution in [0.2, 0.25) is 0 Å². The molecule has 120 valence electrons. The van der Waals surface area contributed by atoms with E-state index in [-0.39, 0.29) is 23.9 Å². The molecule has 22 heavy (non-hydrogen) atoms. The zero-order valence-electron chi connectivity index (χ0n) is 12.6. The van der Waals surface area contributed by atoms with Gasteiger partial charge >= 0.3 is 0 Å². The van der Waals surface area contributed by atoms with E-state index in [1.54, 1.807) is 23.1 Å². The summed E-state index contributed by atoms with van der Waals surface area (Å²) >= 11 is 0. The predicted molar refractivity (Wildman–Crippen MR) is 78.9 cm³/mol. The molecular weight excluding hydrogens is 287 g/mol. The zero-order chi connectivity index (χ0) is 15.5. The van der Waals surface area contributed by atoms with Crippen molar-refractivity contribution in [1.82, 2.24) is 10.2 Å². The van der Waals surface area contributed by atoms with Gasteiger partial charge in [-0.05, 0) is 13.0 Å². The lowest BCUT2D eigenvalue weighted by molar-refractivity contribution is -0.147. The number of carbonyl (C=O) groups is 1. The number of hydrogen-bond acceptors (Lipinski definition) is 4. The summed E-state index contributed by atoms with van der Waals surface area (Å²) in [5, 5.41) is 3.20. The Labute approximate surface area is 129 Å². The fourth-order valence-electron chi connectivity index (χ4n) is 2.98. The monoisotopic (exact) mass is 308 g/mol.